The van der Waals surface area contributed by atoms with Gasteiger partial charge in [-0.15, -0.1) is 0 Å². The van der Waals surface area contributed by atoms with Gasteiger partial charge in [0.2, 0.25) is 6.41 Å². The van der Waals surface area contributed by atoms with Crippen molar-refractivity contribution in [3.05, 3.63) is 35.4 Å². The van der Waals surface area contributed by atoms with Gasteiger partial charge < -0.3 is 15.0 Å². The van der Waals surface area contributed by atoms with E-state index in [1.807, 2.05) is 12.1 Å². The summed E-state index contributed by atoms with van der Waals surface area (Å²) in [6.07, 6.45) is 1.50. The molecule has 2 unspecified atom stereocenters. The smallest absolute Gasteiger partial charge is 0.273 e. The minimum atomic E-state index is -0.370. The summed E-state index contributed by atoms with van der Waals surface area (Å²) in [5.74, 6) is 0.0717. The third kappa shape index (κ3) is 4.62. The first-order valence-corrected chi connectivity index (χ1v) is 8.99. The highest BCUT2D eigenvalue weighted by Gasteiger charge is 2.51. The number of carbonyl (C=O) groups is 2. The fraction of sp³-hybridized carbons (Fsp3) is 0.450. The Bertz CT molecular complexity index is 831. The summed E-state index contributed by atoms with van der Waals surface area (Å²) in [6, 6.07) is 7.21. The first kappa shape index (κ1) is 21.3. The number of benzene rings is 1. The predicted octanol–water partition coefficient (Wildman–Crippen LogP) is 2.32. The highest BCUT2D eigenvalue weighted by atomic mass is 16.6. The Labute approximate surface area is 164 Å². The highest BCUT2D eigenvalue weighted by molar-refractivity contribution is 6.45. The van der Waals surface area contributed by atoms with E-state index in [1.54, 1.807) is 19.1 Å². The molecule has 0 heterocycles. The second-order valence-corrected chi connectivity index (χ2v) is 6.91. The fourth-order valence-corrected chi connectivity index (χ4v) is 3.16. The molecule has 2 rings (SSSR count). The Morgan fingerprint density at radius 3 is 2.61 bits per heavy atom. The van der Waals surface area contributed by atoms with Gasteiger partial charge in [0.25, 0.3) is 5.91 Å². The van der Waals surface area contributed by atoms with Crippen LogP contribution < -0.4 is 5.32 Å². The van der Waals surface area contributed by atoms with Crippen molar-refractivity contribution in [1.29, 1.82) is 0 Å². The zero-order valence-electron chi connectivity index (χ0n) is 16.9. The first-order valence-electron chi connectivity index (χ1n) is 8.99. The molecule has 8 heteroatoms. The Morgan fingerprint density at radius 1 is 1.36 bits per heavy atom. The monoisotopic (exact) mass is 386 g/mol. The molecular weight excluding hydrogens is 360 g/mol. The number of rotatable bonds is 9. The van der Waals surface area contributed by atoms with Crippen LogP contribution in [0.1, 0.15) is 38.3 Å². The maximum atomic E-state index is 12.1. The van der Waals surface area contributed by atoms with Gasteiger partial charge in [0, 0.05) is 23.6 Å². The van der Waals surface area contributed by atoms with Gasteiger partial charge in [0.15, 0.2) is 5.71 Å². The number of nitrogens with zero attached hydrogens (tertiary/aromatic N) is 3. The van der Waals surface area contributed by atoms with Crippen molar-refractivity contribution in [3.63, 3.8) is 0 Å². The third-order valence-corrected chi connectivity index (χ3v) is 5.04. The molecule has 1 aromatic rings. The van der Waals surface area contributed by atoms with Crippen LogP contribution in [-0.2, 0) is 25.9 Å². The Kier molecular flexibility index (Phi) is 7.03. The summed E-state index contributed by atoms with van der Waals surface area (Å²) in [6.45, 7) is 6.06. The van der Waals surface area contributed by atoms with Crippen molar-refractivity contribution in [2.75, 3.05) is 14.2 Å². The second-order valence-electron chi connectivity index (χ2n) is 6.91. The molecule has 2 atom stereocenters. The SMILES string of the molecule is CNC(=O)/C(=N\OC)c1ccccc1CO/N=C(/C)C(=NC=O)C1(C)CC1C. The summed E-state index contributed by atoms with van der Waals surface area (Å²) in [7, 11) is 2.90. The van der Waals surface area contributed by atoms with Crippen molar-refractivity contribution < 1.29 is 19.3 Å². The Balaban J connectivity index is 2.20. The summed E-state index contributed by atoms with van der Waals surface area (Å²) in [4.78, 5) is 37.3. The molecule has 150 valence electrons. The third-order valence-electron chi connectivity index (χ3n) is 5.04. The zero-order chi connectivity index (χ0) is 20.7. The van der Waals surface area contributed by atoms with Gasteiger partial charge in [-0.2, -0.15) is 0 Å². The lowest BCUT2D eigenvalue weighted by molar-refractivity contribution is -0.114. The molecule has 2 amide bonds. The van der Waals surface area contributed by atoms with Crippen LogP contribution in [-0.4, -0.2) is 43.6 Å². The molecule has 0 spiro atoms. The van der Waals surface area contributed by atoms with Gasteiger partial charge in [0.05, 0.1) is 11.4 Å². The quantitative estimate of drug-likeness (QED) is 0.400. The molecule has 8 nitrogen and oxygen atoms in total. The lowest BCUT2D eigenvalue weighted by Crippen LogP contribution is -2.29. The largest absolute Gasteiger partial charge is 0.398 e. The fourth-order valence-electron chi connectivity index (χ4n) is 3.16. The molecule has 0 bridgehead atoms. The Morgan fingerprint density at radius 2 is 2.04 bits per heavy atom. The van der Waals surface area contributed by atoms with Gasteiger partial charge in [-0.25, -0.2) is 4.99 Å². The molecule has 28 heavy (non-hydrogen) atoms. The van der Waals surface area contributed by atoms with Crippen LogP contribution >= 0.6 is 0 Å². The summed E-state index contributed by atoms with van der Waals surface area (Å²) in [5.41, 5.74) is 2.52. The van der Waals surface area contributed by atoms with Gasteiger partial charge in [-0.3, -0.25) is 9.59 Å². The predicted molar refractivity (Wildman–Crippen MR) is 107 cm³/mol. The lowest BCUT2D eigenvalue weighted by Gasteiger charge is -2.13. The molecular formula is C20H26N4O4. The summed E-state index contributed by atoms with van der Waals surface area (Å²) >= 11 is 0. The maximum absolute atomic E-state index is 12.1. The van der Waals surface area contributed by atoms with Gasteiger partial charge in [0.1, 0.15) is 13.7 Å². The molecule has 1 fully saturated rings. The molecule has 1 aliphatic carbocycles. The summed E-state index contributed by atoms with van der Waals surface area (Å²) in [5, 5.41) is 10.5. The van der Waals surface area contributed by atoms with E-state index in [-0.39, 0.29) is 23.6 Å². The van der Waals surface area contributed by atoms with Gasteiger partial charge in [-0.05, 0) is 19.3 Å². The van der Waals surface area contributed by atoms with E-state index in [4.69, 9.17) is 9.68 Å². The van der Waals surface area contributed by atoms with Crippen molar-refractivity contribution >= 4 is 29.5 Å². The van der Waals surface area contributed by atoms with Crippen molar-refractivity contribution in [3.8, 4) is 0 Å². The first-order chi connectivity index (χ1) is 13.4. The van der Waals surface area contributed by atoms with E-state index in [9.17, 15) is 9.59 Å². The van der Waals surface area contributed by atoms with E-state index in [1.165, 1.54) is 14.2 Å². The molecule has 0 radical (unpaired) electrons. The number of nitrogens with one attached hydrogen (secondary N) is 1. The van der Waals surface area contributed by atoms with E-state index >= 15 is 0 Å². The van der Waals surface area contributed by atoms with Crippen molar-refractivity contribution in [2.24, 2.45) is 26.6 Å². The van der Waals surface area contributed by atoms with Crippen LogP contribution in [0.5, 0.6) is 0 Å². The average molecular weight is 386 g/mol. The lowest BCUT2D eigenvalue weighted by atomic mass is 9.96. The van der Waals surface area contributed by atoms with Gasteiger partial charge >= 0.3 is 0 Å². The number of hydrogen-bond acceptors (Lipinski definition) is 6. The number of aliphatic imine (C=N–C) groups is 1. The number of oxime groups is 2. The molecule has 1 aromatic carbocycles. The van der Waals surface area contributed by atoms with E-state index in [0.717, 1.165) is 12.0 Å². The molecule has 0 saturated heterocycles. The average Bonchev–Trinajstić information content (AvgIpc) is 3.31. The van der Waals surface area contributed by atoms with E-state index in [2.05, 4.69) is 34.5 Å². The normalized spacial score (nSPS) is 22.5. The van der Waals surface area contributed by atoms with Crippen LogP contribution in [0.2, 0.25) is 0 Å². The number of carbonyl (C=O) groups excluding carboxylic acids is 2. The van der Waals surface area contributed by atoms with Crippen LogP contribution in [0.25, 0.3) is 0 Å². The second kappa shape index (κ2) is 9.25. The number of likely N-dealkylation sites (N-methyl/N-ethyl adjacent to an activating group) is 1. The van der Waals surface area contributed by atoms with Gasteiger partial charge in [-0.1, -0.05) is 48.4 Å². The Hall–Kier alpha value is -3.03. The minimum Gasteiger partial charge on any atom is -0.398 e. The topological polar surface area (TPSA) is 102 Å². The molecule has 0 aliphatic heterocycles. The molecule has 1 aliphatic rings. The van der Waals surface area contributed by atoms with Crippen molar-refractivity contribution in [1.82, 2.24) is 5.32 Å². The van der Waals surface area contributed by atoms with E-state index in [0.29, 0.717) is 29.3 Å². The number of amides is 2. The zero-order valence-corrected chi connectivity index (χ0v) is 16.9. The summed E-state index contributed by atoms with van der Waals surface area (Å²) < 4.78 is 0. The standard InChI is InChI=1S/C20H26N4O4/c1-13-10-20(13,3)18(22-12-25)14(2)23-28-11-15-8-6-7-9-16(15)17(24-27-5)19(26)21-4/h6-9,12-13H,10-11H2,1-5H3,(H,21,26)/b22-18?,23-14-,24-17-. The van der Waals surface area contributed by atoms with Crippen LogP contribution in [0.4, 0.5) is 0 Å². The molecule has 0 aromatic heterocycles. The van der Waals surface area contributed by atoms with E-state index < -0.39 is 0 Å². The van der Waals surface area contributed by atoms with Crippen LogP contribution in [0.3, 0.4) is 0 Å². The molecule has 1 N–H and O–H groups in total. The highest BCUT2D eigenvalue weighted by Crippen LogP contribution is 2.53. The van der Waals surface area contributed by atoms with Crippen LogP contribution in [0.15, 0.2) is 39.6 Å². The maximum Gasteiger partial charge on any atom is 0.273 e. The van der Waals surface area contributed by atoms with Crippen molar-refractivity contribution in [2.45, 2.75) is 33.8 Å². The molecule has 1 saturated carbocycles. The minimum absolute atomic E-state index is 0.119. The number of hydrogen-bond donors (Lipinski definition) is 1. The van der Waals surface area contributed by atoms with Crippen LogP contribution in [0, 0.1) is 11.3 Å².